The van der Waals surface area contributed by atoms with Gasteiger partial charge >= 0.3 is 6.03 Å². The second kappa shape index (κ2) is 14.3. The third kappa shape index (κ3) is 9.88. The Morgan fingerprint density at radius 2 is 1.71 bits per heavy atom. The predicted molar refractivity (Wildman–Crippen MR) is 131 cm³/mol. The molecular weight excluding hydrogens is 386 g/mol. The normalized spacial score (nSPS) is 18.7. The number of nitrogens with one attached hydrogen (secondary N) is 1. The Bertz CT molecular complexity index is 639. The van der Waals surface area contributed by atoms with Crippen molar-refractivity contribution in [3.05, 3.63) is 42.5 Å². The zero-order chi connectivity index (χ0) is 22.5. The fraction of sp³-hybridized carbons (Fsp3) is 0.654. The molecule has 5 heteroatoms. The van der Waals surface area contributed by atoms with Gasteiger partial charge in [-0.05, 0) is 71.2 Å². The summed E-state index contributed by atoms with van der Waals surface area (Å²) in [5, 5.41) is 3.00. The van der Waals surface area contributed by atoms with Gasteiger partial charge in [0.1, 0.15) is 0 Å². The molecule has 1 aliphatic rings. The van der Waals surface area contributed by atoms with Gasteiger partial charge in [0.15, 0.2) is 0 Å². The van der Waals surface area contributed by atoms with Crippen LogP contribution < -0.4 is 5.32 Å². The second-order valence-corrected chi connectivity index (χ2v) is 9.03. The average Bonchev–Trinajstić information content (AvgIpc) is 2.77. The van der Waals surface area contributed by atoms with Crippen LogP contribution in [0.5, 0.6) is 0 Å². The number of aryl methyl sites for hydroxylation is 1. The third-order valence-electron chi connectivity index (χ3n) is 6.29. The van der Waals surface area contributed by atoms with Crippen molar-refractivity contribution in [1.29, 1.82) is 0 Å². The number of benzene rings is 1. The van der Waals surface area contributed by atoms with Gasteiger partial charge in [-0.3, -0.25) is 0 Å². The van der Waals surface area contributed by atoms with Crippen LogP contribution in [0, 0.1) is 6.92 Å². The maximum absolute atomic E-state index is 12.5. The van der Waals surface area contributed by atoms with E-state index in [1.807, 2.05) is 49.2 Å². The lowest BCUT2D eigenvalue weighted by molar-refractivity contribution is 0.0130. The standard InChI is InChI=1S/C26H43N3O2/c1-5-19-28(3)20-9-7-6-8-10-21-31-25-17-15-24(16-18-25)29(4)26(30)27-23-13-11-22(2)12-14-23/h5,11-14,24-25H,1,6-10,15-21H2,2-4H3,(H,27,30). The van der Waals surface area contributed by atoms with Gasteiger partial charge in [0.2, 0.25) is 0 Å². The Kier molecular flexibility index (Phi) is 11.7. The maximum atomic E-state index is 12.5. The molecule has 1 aromatic rings. The number of hydrogen-bond acceptors (Lipinski definition) is 3. The van der Waals surface area contributed by atoms with Crippen LogP contribution >= 0.6 is 0 Å². The summed E-state index contributed by atoms with van der Waals surface area (Å²) in [5.41, 5.74) is 2.04. The molecule has 0 heterocycles. The number of urea groups is 1. The predicted octanol–water partition coefficient (Wildman–Crippen LogP) is 5.85. The molecule has 1 aromatic carbocycles. The smallest absolute Gasteiger partial charge is 0.321 e. The molecular formula is C26H43N3O2. The minimum absolute atomic E-state index is 0.0242. The molecule has 0 saturated heterocycles. The molecule has 0 radical (unpaired) electrons. The highest BCUT2D eigenvalue weighted by atomic mass is 16.5. The van der Waals surface area contributed by atoms with Crippen molar-refractivity contribution in [3.8, 4) is 0 Å². The number of nitrogens with zero attached hydrogens (tertiary/aromatic N) is 2. The lowest BCUT2D eigenvalue weighted by Crippen LogP contribution is -2.42. The molecule has 1 aliphatic carbocycles. The van der Waals surface area contributed by atoms with Crippen LogP contribution in [0.1, 0.15) is 63.4 Å². The summed E-state index contributed by atoms with van der Waals surface area (Å²) in [4.78, 5) is 16.7. The molecule has 1 fully saturated rings. The number of likely N-dealkylation sites (N-methyl/N-ethyl adjacent to an activating group) is 1. The Morgan fingerprint density at radius 1 is 1.06 bits per heavy atom. The van der Waals surface area contributed by atoms with Crippen molar-refractivity contribution in [3.63, 3.8) is 0 Å². The number of rotatable bonds is 13. The number of carbonyl (C=O) groups excluding carboxylic acids is 1. The highest BCUT2D eigenvalue weighted by Gasteiger charge is 2.26. The molecule has 0 unspecified atom stereocenters. The molecule has 0 aliphatic heterocycles. The van der Waals surface area contributed by atoms with Crippen molar-refractivity contribution in [2.45, 2.75) is 76.9 Å². The van der Waals surface area contributed by atoms with E-state index in [2.05, 4.69) is 23.8 Å². The topological polar surface area (TPSA) is 44.8 Å². The summed E-state index contributed by atoms with van der Waals surface area (Å²) in [6, 6.07) is 8.20. The first-order chi connectivity index (χ1) is 15.0. The number of unbranched alkanes of at least 4 members (excludes halogenated alkanes) is 4. The molecule has 174 valence electrons. The van der Waals surface area contributed by atoms with Crippen LogP contribution in [-0.2, 0) is 4.74 Å². The zero-order valence-corrected chi connectivity index (χ0v) is 19.9. The van der Waals surface area contributed by atoms with E-state index in [0.29, 0.717) is 12.1 Å². The minimum Gasteiger partial charge on any atom is -0.378 e. The van der Waals surface area contributed by atoms with E-state index in [-0.39, 0.29) is 6.03 Å². The molecule has 0 aromatic heterocycles. The summed E-state index contributed by atoms with van der Waals surface area (Å²) in [6.07, 6.45) is 12.7. The highest BCUT2D eigenvalue weighted by Crippen LogP contribution is 2.25. The van der Waals surface area contributed by atoms with Crippen LogP contribution in [0.4, 0.5) is 10.5 Å². The fourth-order valence-corrected chi connectivity index (χ4v) is 4.19. The van der Waals surface area contributed by atoms with Gasteiger partial charge in [-0.2, -0.15) is 0 Å². The van der Waals surface area contributed by atoms with E-state index in [1.165, 1.54) is 31.2 Å². The molecule has 5 nitrogen and oxygen atoms in total. The van der Waals surface area contributed by atoms with Crippen LogP contribution in [0.15, 0.2) is 36.9 Å². The molecule has 1 saturated carbocycles. The van der Waals surface area contributed by atoms with Gasteiger partial charge in [0.05, 0.1) is 6.10 Å². The van der Waals surface area contributed by atoms with Crippen molar-refractivity contribution >= 4 is 11.7 Å². The monoisotopic (exact) mass is 429 g/mol. The summed E-state index contributed by atoms with van der Waals surface area (Å²) < 4.78 is 6.12. The van der Waals surface area contributed by atoms with Crippen LogP contribution in [-0.4, -0.2) is 61.8 Å². The lowest BCUT2D eigenvalue weighted by atomic mass is 9.92. The molecule has 0 bridgehead atoms. The second-order valence-electron chi connectivity index (χ2n) is 9.03. The van der Waals surface area contributed by atoms with E-state index in [4.69, 9.17) is 4.74 Å². The Hall–Kier alpha value is -1.85. The Balaban J connectivity index is 1.52. The largest absolute Gasteiger partial charge is 0.378 e. The fourth-order valence-electron chi connectivity index (χ4n) is 4.19. The quantitative estimate of drug-likeness (QED) is 0.316. The van der Waals surface area contributed by atoms with Crippen LogP contribution in [0.3, 0.4) is 0 Å². The van der Waals surface area contributed by atoms with E-state index >= 15 is 0 Å². The first-order valence-corrected chi connectivity index (χ1v) is 12.0. The van der Waals surface area contributed by atoms with Gasteiger partial charge in [-0.25, -0.2) is 4.79 Å². The Morgan fingerprint density at radius 3 is 2.39 bits per heavy atom. The molecule has 0 atom stereocenters. The van der Waals surface area contributed by atoms with Crippen molar-refractivity contribution in [2.75, 3.05) is 39.1 Å². The lowest BCUT2D eigenvalue weighted by Gasteiger charge is -2.34. The van der Waals surface area contributed by atoms with Gasteiger partial charge in [0, 0.05) is 31.9 Å². The van der Waals surface area contributed by atoms with E-state index in [9.17, 15) is 4.79 Å². The van der Waals surface area contributed by atoms with Crippen molar-refractivity contribution in [1.82, 2.24) is 9.80 Å². The van der Waals surface area contributed by atoms with E-state index < -0.39 is 0 Å². The van der Waals surface area contributed by atoms with Crippen molar-refractivity contribution in [2.24, 2.45) is 0 Å². The summed E-state index contributed by atoms with van der Waals surface area (Å²) in [6.45, 7) is 8.83. The van der Waals surface area contributed by atoms with E-state index in [0.717, 1.165) is 57.5 Å². The van der Waals surface area contributed by atoms with Crippen molar-refractivity contribution < 1.29 is 9.53 Å². The van der Waals surface area contributed by atoms with Gasteiger partial charge in [0.25, 0.3) is 0 Å². The highest BCUT2D eigenvalue weighted by molar-refractivity contribution is 5.89. The number of ether oxygens (including phenoxy) is 1. The first-order valence-electron chi connectivity index (χ1n) is 12.0. The molecule has 2 amide bonds. The van der Waals surface area contributed by atoms with E-state index in [1.54, 1.807) is 0 Å². The van der Waals surface area contributed by atoms with Gasteiger partial charge < -0.3 is 19.9 Å². The minimum atomic E-state index is -0.0242. The number of carbonyl (C=O) groups is 1. The molecule has 1 N–H and O–H groups in total. The molecule has 31 heavy (non-hydrogen) atoms. The number of amides is 2. The summed E-state index contributed by atoms with van der Waals surface area (Å²) in [7, 11) is 4.06. The summed E-state index contributed by atoms with van der Waals surface area (Å²) in [5.74, 6) is 0. The Labute approximate surface area is 189 Å². The van der Waals surface area contributed by atoms with Gasteiger partial charge in [-0.1, -0.05) is 43.0 Å². The average molecular weight is 430 g/mol. The summed E-state index contributed by atoms with van der Waals surface area (Å²) >= 11 is 0. The maximum Gasteiger partial charge on any atom is 0.321 e. The zero-order valence-electron chi connectivity index (χ0n) is 19.9. The SMILES string of the molecule is C=CCN(C)CCCCCCCOC1CCC(N(C)C(=O)Nc2ccc(C)cc2)CC1. The first kappa shape index (κ1) is 25.4. The number of hydrogen-bond donors (Lipinski definition) is 1. The number of anilines is 1. The third-order valence-corrected chi connectivity index (χ3v) is 6.29. The van der Waals surface area contributed by atoms with Crippen LogP contribution in [0.2, 0.25) is 0 Å². The molecule has 2 rings (SSSR count). The van der Waals surface area contributed by atoms with Crippen LogP contribution in [0.25, 0.3) is 0 Å². The molecule has 0 spiro atoms. The van der Waals surface area contributed by atoms with Gasteiger partial charge in [-0.15, -0.1) is 6.58 Å².